The van der Waals surface area contributed by atoms with Crippen LogP contribution in [0.4, 0.5) is 0 Å². The molecule has 2 fully saturated rings. The first-order valence-electron chi connectivity index (χ1n) is 12.0. The first-order valence-corrected chi connectivity index (χ1v) is 12.8. The molecule has 1 amide bonds. The van der Waals surface area contributed by atoms with Crippen LogP contribution in [-0.4, -0.2) is 42.3 Å². The molecule has 1 saturated carbocycles. The third kappa shape index (κ3) is 5.09. The molecule has 0 spiro atoms. The van der Waals surface area contributed by atoms with E-state index >= 15 is 0 Å². The van der Waals surface area contributed by atoms with Crippen molar-refractivity contribution in [3.8, 4) is 5.75 Å². The summed E-state index contributed by atoms with van der Waals surface area (Å²) >= 11 is 1.49. The Balaban J connectivity index is 1.37. The number of hydrogen-bond acceptors (Lipinski definition) is 6. The Kier molecular flexibility index (Phi) is 7.09. The van der Waals surface area contributed by atoms with Gasteiger partial charge in [-0.1, -0.05) is 49.6 Å². The number of benzene rings is 1. The molecule has 0 aromatic heterocycles. The van der Waals surface area contributed by atoms with Crippen LogP contribution in [0.5, 0.6) is 5.75 Å². The predicted molar refractivity (Wildman–Crippen MR) is 134 cm³/mol. The SMILES string of the molecule is COc1ccc(C/N=C2\S/C(=C\C3C=CC4=C(C=C3)OCCO4)C(=O)N2C2CCCCC2)cc1. The molecular formula is C27H30N2O4S. The number of methoxy groups -OCH3 is 1. The van der Waals surface area contributed by atoms with Crippen molar-refractivity contribution in [1.29, 1.82) is 0 Å². The average Bonchev–Trinajstić information content (AvgIpc) is 3.05. The van der Waals surface area contributed by atoms with Crippen molar-refractivity contribution >= 4 is 22.8 Å². The van der Waals surface area contributed by atoms with Gasteiger partial charge in [-0.05, 0) is 54.5 Å². The highest BCUT2D eigenvalue weighted by Crippen LogP contribution is 2.38. The summed E-state index contributed by atoms with van der Waals surface area (Å²) in [5.74, 6) is 2.38. The quantitative estimate of drug-likeness (QED) is 0.535. The Hall–Kier alpha value is -2.93. The molecule has 0 bridgehead atoms. The second-order valence-corrected chi connectivity index (χ2v) is 9.78. The number of thioether (sulfide) groups is 1. The van der Waals surface area contributed by atoms with E-state index in [2.05, 4.69) is 0 Å². The van der Waals surface area contributed by atoms with E-state index in [9.17, 15) is 4.79 Å². The number of rotatable bonds is 5. The van der Waals surface area contributed by atoms with Crippen LogP contribution < -0.4 is 4.74 Å². The number of carbonyl (C=O) groups excluding carboxylic acids is 1. The van der Waals surface area contributed by atoms with Crippen molar-refractivity contribution in [3.63, 3.8) is 0 Å². The maximum atomic E-state index is 13.6. The third-order valence-electron chi connectivity index (χ3n) is 6.46. The van der Waals surface area contributed by atoms with Crippen molar-refractivity contribution in [2.24, 2.45) is 10.9 Å². The van der Waals surface area contributed by atoms with Gasteiger partial charge in [-0.2, -0.15) is 0 Å². The van der Waals surface area contributed by atoms with E-state index in [0.717, 1.165) is 58.6 Å². The minimum atomic E-state index is -0.0154. The van der Waals surface area contributed by atoms with Crippen LogP contribution in [0.2, 0.25) is 0 Å². The molecule has 178 valence electrons. The Morgan fingerprint density at radius 1 is 1.06 bits per heavy atom. The highest BCUT2D eigenvalue weighted by atomic mass is 32.2. The molecule has 0 atom stereocenters. The van der Waals surface area contributed by atoms with Gasteiger partial charge in [-0.3, -0.25) is 14.7 Å². The Labute approximate surface area is 205 Å². The van der Waals surface area contributed by atoms with E-state index < -0.39 is 0 Å². The van der Waals surface area contributed by atoms with E-state index in [0.29, 0.717) is 19.8 Å². The fraction of sp³-hybridized carbons (Fsp3) is 0.407. The van der Waals surface area contributed by atoms with Crippen LogP contribution in [0.1, 0.15) is 37.7 Å². The average molecular weight is 479 g/mol. The molecule has 0 unspecified atom stereocenters. The van der Waals surface area contributed by atoms with Crippen molar-refractivity contribution in [3.05, 3.63) is 76.6 Å². The Morgan fingerprint density at radius 3 is 2.38 bits per heavy atom. The molecule has 1 aromatic rings. The molecule has 1 aromatic carbocycles. The first kappa shape index (κ1) is 22.8. The van der Waals surface area contributed by atoms with Crippen molar-refractivity contribution in [2.45, 2.75) is 44.7 Å². The van der Waals surface area contributed by atoms with Crippen molar-refractivity contribution in [1.82, 2.24) is 4.90 Å². The minimum Gasteiger partial charge on any atom is -0.497 e. The topological polar surface area (TPSA) is 60.4 Å². The van der Waals surface area contributed by atoms with Crippen LogP contribution >= 0.6 is 11.8 Å². The summed E-state index contributed by atoms with van der Waals surface area (Å²) < 4.78 is 16.6. The molecule has 1 saturated heterocycles. The lowest BCUT2D eigenvalue weighted by molar-refractivity contribution is -0.124. The minimum absolute atomic E-state index is 0.0154. The van der Waals surface area contributed by atoms with E-state index in [-0.39, 0.29) is 17.9 Å². The van der Waals surface area contributed by atoms with Crippen LogP contribution in [0, 0.1) is 5.92 Å². The number of aliphatic imine (C=N–C) groups is 1. The molecule has 7 heteroatoms. The van der Waals surface area contributed by atoms with Crippen LogP contribution in [-0.2, 0) is 20.8 Å². The number of ether oxygens (including phenoxy) is 3. The summed E-state index contributed by atoms with van der Waals surface area (Å²) in [6, 6.07) is 8.15. The van der Waals surface area contributed by atoms with Crippen molar-refractivity contribution < 1.29 is 19.0 Å². The fourth-order valence-corrected chi connectivity index (χ4v) is 5.68. The number of amides is 1. The monoisotopic (exact) mass is 478 g/mol. The summed E-state index contributed by atoms with van der Waals surface area (Å²) in [7, 11) is 1.66. The summed E-state index contributed by atoms with van der Waals surface area (Å²) in [6.45, 7) is 1.65. The molecule has 2 aliphatic carbocycles. The van der Waals surface area contributed by atoms with Gasteiger partial charge in [0.05, 0.1) is 18.6 Å². The predicted octanol–water partition coefficient (Wildman–Crippen LogP) is 5.34. The van der Waals surface area contributed by atoms with Gasteiger partial charge in [0.15, 0.2) is 16.7 Å². The summed E-state index contributed by atoms with van der Waals surface area (Å²) in [6.07, 6.45) is 15.7. The van der Waals surface area contributed by atoms with Crippen molar-refractivity contribution in [2.75, 3.05) is 20.3 Å². The van der Waals surface area contributed by atoms with E-state index in [1.807, 2.05) is 59.5 Å². The molecule has 4 aliphatic rings. The number of hydrogen-bond donors (Lipinski definition) is 0. The second kappa shape index (κ2) is 10.6. The summed E-state index contributed by atoms with van der Waals surface area (Å²) in [4.78, 5) is 21.1. The van der Waals surface area contributed by atoms with Gasteiger partial charge in [0.25, 0.3) is 5.91 Å². The Morgan fingerprint density at radius 2 is 1.74 bits per heavy atom. The van der Waals surface area contributed by atoms with Gasteiger partial charge >= 0.3 is 0 Å². The number of allylic oxidation sites excluding steroid dienone is 5. The fourth-order valence-electron chi connectivity index (χ4n) is 4.61. The zero-order chi connectivity index (χ0) is 23.3. The van der Waals surface area contributed by atoms with E-state index in [4.69, 9.17) is 19.2 Å². The van der Waals surface area contributed by atoms with Crippen LogP contribution in [0.25, 0.3) is 0 Å². The van der Waals surface area contributed by atoms with E-state index in [1.54, 1.807) is 7.11 Å². The molecular weight excluding hydrogens is 448 g/mol. The lowest BCUT2D eigenvalue weighted by atomic mass is 9.94. The van der Waals surface area contributed by atoms with Gasteiger partial charge in [0, 0.05) is 12.0 Å². The highest BCUT2D eigenvalue weighted by Gasteiger charge is 2.38. The Bertz CT molecular complexity index is 1040. The summed E-state index contributed by atoms with van der Waals surface area (Å²) in [5, 5.41) is 0.810. The largest absolute Gasteiger partial charge is 0.497 e. The lowest BCUT2D eigenvalue weighted by Crippen LogP contribution is -2.40. The highest BCUT2D eigenvalue weighted by molar-refractivity contribution is 8.18. The molecule has 0 radical (unpaired) electrons. The number of carbonyl (C=O) groups is 1. The normalized spacial score (nSPS) is 23.8. The van der Waals surface area contributed by atoms with Gasteiger partial charge in [-0.15, -0.1) is 0 Å². The van der Waals surface area contributed by atoms with Gasteiger partial charge in [0.1, 0.15) is 19.0 Å². The second-order valence-electron chi connectivity index (χ2n) is 8.77. The van der Waals surface area contributed by atoms with E-state index in [1.165, 1.54) is 18.2 Å². The molecule has 2 heterocycles. The third-order valence-corrected chi connectivity index (χ3v) is 7.50. The molecule has 34 heavy (non-hydrogen) atoms. The summed E-state index contributed by atoms with van der Waals surface area (Å²) in [5.41, 5.74) is 1.09. The zero-order valence-corrected chi connectivity index (χ0v) is 20.3. The van der Waals surface area contributed by atoms with Crippen LogP contribution in [0.15, 0.2) is 76.1 Å². The maximum Gasteiger partial charge on any atom is 0.266 e. The molecule has 0 N–H and O–H groups in total. The molecule has 6 nitrogen and oxygen atoms in total. The molecule has 5 rings (SSSR count). The number of nitrogens with zero attached hydrogens (tertiary/aromatic N) is 2. The van der Waals surface area contributed by atoms with Gasteiger partial charge < -0.3 is 14.2 Å². The van der Waals surface area contributed by atoms with Gasteiger partial charge in [0.2, 0.25) is 0 Å². The smallest absolute Gasteiger partial charge is 0.266 e. The lowest BCUT2D eigenvalue weighted by Gasteiger charge is -2.30. The standard InChI is InChI=1S/C27H30N2O4S/c1-31-22-11-7-20(8-12-22)18-28-27-29(21-5-3-2-4-6-21)26(30)25(34-27)17-19-9-13-23-24(14-10-19)33-16-15-32-23/h7-14,17,19,21H,2-6,15-16,18H2,1H3/b25-17-,28-27-. The zero-order valence-electron chi connectivity index (χ0n) is 19.4. The molecule has 2 aliphatic heterocycles. The maximum absolute atomic E-state index is 13.6. The van der Waals surface area contributed by atoms with Gasteiger partial charge in [-0.25, -0.2) is 0 Å². The van der Waals surface area contributed by atoms with Crippen LogP contribution in [0.3, 0.4) is 0 Å². The number of amidine groups is 1. The first-order chi connectivity index (χ1) is 16.7.